The third-order valence-electron chi connectivity index (χ3n) is 2.86. The highest BCUT2D eigenvalue weighted by Crippen LogP contribution is 2.17. The lowest BCUT2D eigenvalue weighted by Gasteiger charge is -2.16. The first kappa shape index (κ1) is 15.0. The van der Waals surface area contributed by atoms with Crippen LogP contribution < -0.4 is 4.74 Å². The van der Waals surface area contributed by atoms with E-state index in [0.29, 0.717) is 18.4 Å². The summed E-state index contributed by atoms with van der Waals surface area (Å²) in [6.45, 7) is 1.77. The number of furan rings is 1. The zero-order valence-electron chi connectivity index (χ0n) is 11.7. The second-order valence-electron chi connectivity index (χ2n) is 4.63. The van der Waals surface area contributed by atoms with E-state index in [-0.39, 0.29) is 18.3 Å². The first-order valence-electron chi connectivity index (χ1n) is 6.33. The molecule has 4 nitrogen and oxygen atoms in total. The second-order valence-corrected chi connectivity index (χ2v) is 4.63. The van der Waals surface area contributed by atoms with Crippen molar-refractivity contribution in [3.63, 3.8) is 0 Å². The van der Waals surface area contributed by atoms with E-state index in [1.807, 2.05) is 6.92 Å². The number of hydrogen-bond donors (Lipinski definition) is 0. The molecule has 1 aromatic carbocycles. The fourth-order valence-corrected chi connectivity index (χ4v) is 1.73. The summed E-state index contributed by atoms with van der Waals surface area (Å²) in [5.74, 6) is -0.629. The predicted octanol–water partition coefficient (Wildman–Crippen LogP) is 2.90. The maximum absolute atomic E-state index is 13.3. The highest BCUT2D eigenvalue weighted by Gasteiger charge is 2.13. The standard InChI is InChI=1S/C15H15F2NO3/c1-10-3-5-12(21-10)8-18(2)15(19)9-20-14-6-4-11(16)7-13(14)17/h3-7H,8-9H2,1-2H3. The molecule has 0 saturated carbocycles. The third kappa shape index (κ3) is 4.05. The molecule has 21 heavy (non-hydrogen) atoms. The summed E-state index contributed by atoms with van der Waals surface area (Å²) in [6.07, 6.45) is 0. The van der Waals surface area contributed by atoms with Crippen molar-refractivity contribution in [3.8, 4) is 5.75 Å². The average molecular weight is 295 g/mol. The molecule has 0 radical (unpaired) electrons. The quantitative estimate of drug-likeness (QED) is 0.852. The van der Waals surface area contributed by atoms with E-state index < -0.39 is 11.6 Å². The molecule has 0 fully saturated rings. The van der Waals surface area contributed by atoms with Crippen LogP contribution >= 0.6 is 0 Å². The number of carbonyl (C=O) groups excluding carboxylic acids is 1. The van der Waals surface area contributed by atoms with Crippen molar-refractivity contribution in [2.75, 3.05) is 13.7 Å². The van der Waals surface area contributed by atoms with Gasteiger partial charge in [-0.3, -0.25) is 4.79 Å². The van der Waals surface area contributed by atoms with E-state index in [4.69, 9.17) is 9.15 Å². The number of ether oxygens (including phenoxy) is 1. The second kappa shape index (κ2) is 6.39. The van der Waals surface area contributed by atoms with Gasteiger partial charge in [-0.25, -0.2) is 8.78 Å². The highest BCUT2D eigenvalue weighted by atomic mass is 19.1. The van der Waals surface area contributed by atoms with Crippen LogP contribution in [0.25, 0.3) is 0 Å². The zero-order chi connectivity index (χ0) is 15.4. The van der Waals surface area contributed by atoms with E-state index in [2.05, 4.69) is 0 Å². The van der Waals surface area contributed by atoms with E-state index in [0.717, 1.165) is 17.9 Å². The Morgan fingerprint density at radius 3 is 2.67 bits per heavy atom. The molecule has 1 amide bonds. The van der Waals surface area contributed by atoms with Crippen LogP contribution in [-0.4, -0.2) is 24.5 Å². The third-order valence-corrected chi connectivity index (χ3v) is 2.86. The summed E-state index contributed by atoms with van der Waals surface area (Å²) in [4.78, 5) is 13.3. The number of carbonyl (C=O) groups is 1. The van der Waals surface area contributed by atoms with Gasteiger partial charge in [0.2, 0.25) is 0 Å². The minimum Gasteiger partial charge on any atom is -0.481 e. The molecule has 0 saturated heterocycles. The van der Waals surface area contributed by atoms with Gasteiger partial charge in [-0.15, -0.1) is 0 Å². The van der Waals surface area contributed by atoms with Crippen molar-refractivity contribution in [3.05, 3.63) is 53.5 Å². The summed E-state index contributed by atoms with van der Waals surface area (Å²) in [6, 6.07) is 6.50. The Kier molecular flexibility index (Phi) is 4.57. The number of aryl methyl sites for hydroxylation is 1. The minimum absolute atomic E-state index is 0.160. The largest absolute Gasteiger partial charge is 0.481 e. The van der Waals surface area contributed by atoms with Crippen LogP contribution in [0, 0.1) is 18.6 Å². The first-order valence-corrected chi connectivity index (χ1v) is 6.33. The molecular formula is C15H15F2NO3. The average Bonchev–Trinajstić information content (AvgIpc) is 2.82. The number of amides is 1. The molecule has 0 aliphatic carbocycles. The van der Waals surface area contributed by atoms with Crippen molar-refractivity contribution in [2.45, 2.75) is 13.5 Å². The Bertz CT molecular complexity index is 640. The number of rotatable bonds is 5. The first-order chi connectivity index (χ1) is 9.95. The summed E-state index contributed by atoms with van der Waals surface area (Å²) < 4.78 is 36.5. The van der Waals surface area contributed by atoms with E-state index in [1.165, 1.54) is 4.90 Å². The molecular weight excluding hydrogens is 280 g/mol. The molecule has 0 bridgehead atoms. The molecule has 0 unspecified atom stereocenters. The Balaban J connectivity index is 1.89. The highest BCUT2D eigenvalue weighted by molar-refractivity contribution is 5.77. The summed E-state index contributed by atoms with van der Waals surface area (Å²) in [5.41, 5.74) is 0. The predicted molar refractivity (Wildman–Crippen MR) is 71.8 cm³/mol. The van der Waals surface area contributed by atoms with Gasteiger partial charge in [-0.1, -0.05) is 0 Å². The van der Waals surface area contributed by atoms with Crippen LogP contribution in [-0.2, 0) is 11.3 Å². The van der Waals surface area contributed by atoms with Gasteiger partial charge in [-0.05, 0) is 31.2 Å². The molecule has 2 aromatic rings. The zero-order valence-corrected chi connectivity index (χ0v) is 11.7. The van der Waals surface area contributed by atoms with Gasteiger partial charge in [0.1, 0.15) is 17.3 Å². The maximum Gasteiger partial charge on any atom is 0.260 e. The molecule has 0 aliphatic heterocycles. The number of halogens is 2. The van der Waals surface area contributed by atoms with Gasteiger partial charge in [0.15, 0.2) is 18.2 Å². The normalized spacial score (nSPS) is 10.5. The molecule has 0 N–H and O–H groups in total. The van der Waals surface area contributed by atoms with Gasteiger partial charge in [0.25, 0.3) is 5.91 Å². The Labute approximate surface area is 120 Å². The number of benzene rings is 1. The molecule has 1 heterocycles. The topological polar surface area (TPSA) is 42.7 Å². The molecule has 112 valence electrons. The van der Waals surface area contributed by atoms with E-state index in [1.54, 1.807) is 19.2 Å². The Morgan fingerprint density at radius 2 is 2.05 bits per heavy atom. The molecule has 0 spiro atoms. The summed E-state index contributed by atoms with van der Waals surface area (Å²) in [7, 11) is 1.59. The van der Waals surface area contributed by atoms with Crippen molar-refractivity contribution in [1.82, 2.24) is 4.90 Å². The van der Waals surface area contributed by atoms with Crippen molar-refractivity contribution in [1.29, 1.82) is 0 Å². The Hall–Kier alpha value is -2.37. The van der Waals surface area contributed by atoms with Gasteiger partial charge in [-0.2, -0.15) is 0 Å². The fraction of sp³-hybridized carbons (Fsp3) is 0.267. The van der Waals surface area contributed by atoms with Crippen LogP contribution in [0.1, 0.15) is 11.5 Å². The van der Waals surface area contributed by atoms with Crippen LogP contribution in [0.4, 0.5) is 8.78 Å². The minimum atomic E-state index is -0.841. The molecule has 2 rings (SSSR count). The van der Waals surface area contributed by atoms with Crippen LogP contribution in [0.5, 0.6) is 5.75 Å². The van der Waals surface area contributed by atoms with Gasteiger partial charge in [0.05, 0.1) is 6.54 Å². The Morgan fingerprint density at radius 1 is 1.29 bits per heavy atom. The molecule has 0 aliphatic rings. The lowest BCUT2D eigenvalue weighted by atomic mass is 10.3. The molecule has 6 heteroatoms. The van der Waals surface area contributed by atoms with Crippen molar-refractivity contribution < 1.29 is 22.7 Å². The van der Waals surface area contributed by atoms with Gasteiger partial charge < -0.3 is 14.1 Å². The smallest absolute Gasteiger partial charge is 0.260 e. The number of hydrogen-bond acceptors (Lipinski definition) is 3. The lowest BCUT2D eigenvalue weighted by molar-refractivity contribution is -0.132. The summed E-state index contributed by atoms with van der Waals surface area (Å²) in [5, 5.41) is 0. The lowest BCUT2D eigenvalue weighted by Crippen LogP contribution is -2.30. The van der Waals surface area contributed by atoms with Crippen molar-refractivity contribution >= 4 is 5.91 Å². The maximum atomic E-state index is 13.3. The van der Waals surface area contributed by atoms with Gasteiger partial charge in [0, 0.05) is 13.1 Å². The molecule has 0 atom stereocenters. The van der Waals surface area contributed by atoms with Gasteiger partial charge >= 0.3 is 0 Å². The SMILES string of the molecule is Cc1ccc(CN(C)C(=O)COc2ccc(F)cc2F)o1. The monoisotopic (exact) mass is 295 g/mol. The van der Waals surface area contributed by atoms with Crippen LogP contribution in [0.15, 0.2) is 34.7 Å². The summed E-state index contributed by atoms with van der Waals surface area (Å²) >= 11 is 0. The number of likely N-dealkylation sites (N-methyl/N-ethyl adjacent to an activating group) is 1. The van der Waals surface area contributed by atoms with E-state index >= 15 is 0 Å². The fourth-order valence-electron chi connectivity index (χ4n) is 1.73. The van der Waals surface area contributed by atoms with E-state index in [9.17, 15) is 13.6 Å². The van der Waals surface area contributed by atoms with Crippen LogP contribution in [0.2, 0.25) is 0 Å². The number of nitrogens with zero attached hydrogens (tertiary/aromatic N) is 1. The van der Waals surface area contributed by atoms with Crippen molar-refractivity contribution in [2.24, 2.45) is 0 Å². The van der Waals surface area contributed by atoms with Crippen LogP contribution in [0.3, 0.4) is 0 Å². The molecule has 1 aromatic heterocycles.